The van der Waals surface area contributed by atoms with Gasteiger partial charge in [0.25, 0.3) is 0 Å². The number of allylic oxidation sites excluding steroid dienone is 1. The van der Waals surface area contributed by atoms with E-state index in [2.05, 4.69) is 54.1 Å². The molecular weight excluding hydrogens is 311 g/mol. The van der Waals surface area contributed by atoms with Gasteiger partial charge in [0.2, 0.25) is 0 Å². The molecule has 2 nitrogen and oxygen atoms in total. The summed E-state index contributed by atoms with van der Waals surface area (Å²) < 4.78 is 13.0. The Morgan fingerprint density at radius 3 is 2.76 bits per heavy atom. The van der Waals surface area contributed by atoms with Gasteiger partial charge < -0.3 is 5.32 Å². The molecule has 1 saturated heterocycles. The van der Waals surface area contributed by atoms with Crippen molar-refractivity contribution in [3.63, 3.8) is 0 Å². The van der Waals surface area contributed by atoms with Crippen molar-refractivity contribution in [2.24, 2.45) is 0 Å². The molecule has 0 aliphatic carbocycles. The summed E-state index contributed by atoms with van der Waals surface area (Å²) in [5.41, 5.74) is 2.31. The minimum atomic E-state index is -0.177. The second-order valence-electron chi connectivity index (χ2n) is 6.49. The molecule has 130 valence electrons. The van der Waals surface area contributed by atoms with Gasteiger partial charge in [0, 0.05) is 36.6 Å². The summed E-state index contributed by atoms with van der Waals surface area (Å²) in [6.07, 6.45) is 7.12. The van der Waals surface area contributed by atoms with Crippen LogP contribution in [0, 0.1) is 5.82 Å². The number of nitrogens with zero attached hydrogens (tertiary/aromatic N) is 1. The summed E-state index contributed by atoms with van der Waals surface area (Å²) in [6.45, 7) is 8.80. The van der Waals surface area contributed by atoms with Crippen LogP contribution in [0.3, 0.4) is 0 Å². The molecule has 1 aliphatic rings. The van der Waals surface area contributed by atoms with Crippen molar-refractivity contribution < 1.29 is 4.39 Å². The number of rotatable bonds is 5. The van der Waals surface area contributed by atoms with Gasteiger partial charge in [-0.15, -0.1) is 0 Å². The number of benzene rings is 2. The van der Waals surface area contributed by atoms with Crippen LogP contribution >= 0.6 is 0 Å². The number of anilines is 1. The van der Waals surface area contributed by atoms with Gasteiger partial charge in [0.1, 0.15) is 5.82 Å². The largest absolute Gasteiger partial charge is 0.380 e. The van der Waals surface area contributed by atoms with Crippen LogP contribution in [0.1, 0.15) is 18.9 Å². The molecule has 1 atom stereocenters. The molecule has 3 rings (SSSR count). The third-order valence-electron chi connectivity index (χ3n) is 4.69. The number of hydrogen-bond donors (Lipinski definition) is 1. The van der Waals surface area contributed by atoms with Crippen molar-refractivity contribution >= 4 is 17.8 Å². The highest BCUT2D eigenvalue weighted by Crippen LogP contribution is 2.16. The van der Waals surface area contributed by atoms with Gasteiger partial charge in [-0.2, -0.15) is 0 Å². The van der Waals surface area contributed by atoms with E-state index in [0.717, 1.165) is 37.3 Å². The summed E-state index contributed by atoms with van der Waals surface area (Å²) >= 11 is 0. The zero-order valence-corrected chi connectivity index (χ0v) is 14.7. The molecule has 0 amide bonds. The molecule has 0 saturated carbocycles. The van der Waals surface area contributed by atoms with E-state index in [1.807, 2.05) is 18.2 Å². The van der Waals surface area contributed by atoms with Crippen LogP contribution in [0.15, 0.2) is 55.1 Å². The van der Waals surface area contributed by atoms with E-state index in [0.29, 0.717) is 6.04 Å². The summed E-state index contributed by atoms with van der Waals surface area (Å²) in [5.74, 6) is -0.177. The molecule has 0 aromatic heterocycles. The highest BCUT2D eigenvalue weighted by molar-refractivity contribution is 5.54. The second kappa shape index (κ2) is 8.13. The van der Waals surface area contributed by atoms with Gasteiger partial charge >= 0.3 is 0 Å². The molecule has 1 fully saturated rings. The molecule has 2 aromatic rings. The molecule has 0 spiro atoms. The third kappa shape index (κ3) is 4.37. The van der Waals surface area contributed by atoms with Crippen LogP contribution in [0.2, 0.25) is 0 Å². The van der Waals surface area contributed by atoms with E-state index in [9.17, 15) is 4.39 Å². The standard InChI is InChI=1S/C22H25FN2/c1-3-6-21-18(4-2)7-5-8-22(21)24-20-13-14-25(16-20)15-17-9-11-19(23)12-10-17/h3-12,20,24H,1,13-16H2,2H3/b18-4-,21-6+. The molecule has 1 aliphatic heterocycles. The Hall–Kier alpha value is -2.39. The molecule has 1 N–H and O–H groups in total. The van der Waals surface area contributed by atoms with E-state index >= 15 is 0 Å². The monoisotopic (exact) mass is 336 g/mol. The Balaban J connectivity index is 1.69. The summed E-state index contributed by atoms with van der Waals surface area (Å²) in [6, 6.07) is 13.6. The van der Waals surface area contributed by atoms with Crippen LogP contribution in [-0.4, -0.2) is 24.0 Å². The quantitative estimate of drug-likeness (QED) is 0.901. The Morgan fingerprint density at radius 2 is 2.04 bits per heavy atom. The zero-order valence-electron chi connectivity index (χ0n) is 14.7. The van der Waals surface area contributed by atoms with Gasteiger partial charge in [-0.1, -0.05) is 49.1 Å². The van der Waals surface area contributed by atoms with Crippen molar-refractivity contribution in [1.82, 2.24) is 4.90 Å². The lowest BCUT2D eigenvalue weighted by molar-refractivity contribution is 0.328. The Bertz CT molecular complexity index is 839. The fraction of sp³-hybridized carbons (Fsp3) is 0.273. The third-order valence-corrected chi connectivity index (χ3v) is 4.69. The van der Waals surface area contributed by atoms with Crippen molar-refractivity contribution in [3.05, 3.63) is 76.9 Å². The van der Waals surface area contributed by atoms with E-state index in [4.69, 9.17) is 0 Å². The smallest absolute Gasteiger partial charge is 0.123 e. The maximum absolute atomic E-state index is 13.0. The van der Waals surface area contributed by atoms with Gasteiger partial charge in [-0.3, -0.25) is 4.90 Å². The maximum atomic E-state index is 13.0. The lowest BCUT2D eigenvalue weighted by Crippen LogP contribution is -2.32. The summed E-state index contributed by atoms with van der Waals surface area (Å²) in [5, 5.41) is 6.10. The average Bonchev–Trinajstić information content (AvgIpc) is 3.05. The van der Waals surface area contributed by atoms with Gasteiger partial charge in [-0.05, 0) is 42.3 Å². The number of likely N-dealkylation sites (tertiary alicyclic amines) is 1. The van der Waals surface area contributed by atoms with Gasteiger partial charge in [-0.25, -0.2) is 4.39 Å². The van der Waals surface area contributed by atoms with E-state index in [1.165, 1.54) is 22.6 Å². The first-order valence-corrected chi connectivity index (χ1v) is 8.81. The Kier molecular flexibility index (Phi) is 5.67. The molecule has 0 bridgehead atoms. The van der Waals surface area contributed by atoms with Crippen molar-refractivity contribution in [1.29, 1.82) is 0 Å². The number of nitrogens with one attached hydrogen (secondary N) is 1. The van der Waals surface area contributed by atoms with Gasteiger partial charge in [0.05, 0.1) is 0 Å². The molecule has 1 heterocycles. The van der Waals surface area contributed by atoms with Crippen LogP contribution in [0.25, 0.3) is 12.2 Å². The van der Waals surface area contributed by atoms with Crippen LogP contribution in [0.4, 0.5) is 10.1 Å². The topological polar surface area (TPSA) is 15.3 Å². The Morgan fingerprint density at radius 1 is 1.24 bits per heavy atom. The number of hydrogen-bond acceptors (Lipinski definition) is 2. The fourth-order valence-electron chi connectivity index (χ4n) is 3.43. The molecule has 25 heavy (non-hydrogen) atoms. The van der Waals surface area contributed by atoms with Crippen molar-refractivity contribution in [2.75, 3.05) is 18.4 Å². The van der Waals surface area contributed by atoms with Crippen LogP contribution in [-0.2, 0) is 6.54 Å². The van der Waals surface area contributed by atoms with Gasteiger partial charge in [0.15, 0.2) is 0 Å². The predicted molar refractivity (Wildman–Crippen MR) is 104 cm³/mol. The molecule has 0 radical (unpaired) electrons. The first-order valence-electron chi connectivity index (χ1n) is 8.81. The molecule has 3 heteroatoms. The van der Waals surface area contributed by atoms with Crippen molar-refractivity contribution in [2.45, 2.75) is 25.9 Å². The minimum Gasteiger partial charge on any atom is -0.380 e. The van der Waals surface area contributed by atoms with Crippen LogP contribution < -0.4 is 15.8 Å². The normalized spacial score (nSPS) is 19.4. The zero-order chi connectivity index (χ0) is 17.6. The van der Waals surface area contributed by atoms with Crippen LogP contribution in [0.5, 0.6) is 0 Å². The highest BCUT2D eigenvalue weighted by atomic mass is 19.1. The first-order chi connectivity index (χ1) is 12.2. The van der Waals surface area contributed by atoms with E-state index in [1.54, 1.807) is 0 Å². The minimum absolute atomic E-state index is 0.177. The average molecular weight is 336 g/mol. The fourth-order valence-corrected chi connectivity index (χ4v) is 3.43. The lowest BCUT2D eigenvalue weighted by Gasteiger charge is -2.18. The first kappa shape index (κ1) is 17.4. The predicted octanol–water partition coefficient (Wildman–Crippen LogP) is 3.28. The highest BCUT2D eigenvalue weighted by Gasteiger charge is 2.22. The van der Waals surface area contributed by atoms with E-state index < -0.39 is 0 Å². The summed E-state index contributed by atoms with van der Waals surface area (Å²) in [7, 11) is 0. The molecule has 1 unspecified atom stereocenters. The molecular formula is C22H25FN2. The summed E-state index contributed by atoms with van der Waals surface area (Å²) in [4.78, 5) is 2.41. The lowest BCUT2D eigenvalue weighted by atomic mass is 10.1. The maximum Gasteiger partial charge on any atom is 0.123 e. The van der Waals surface area contributed by atoms with Crippen molar-refractivity contribution in [3.8, 4) is 0 Å². The second-order valence-corrected chi connectivity index (χ2v) is 6.49. The van der Waals surface area contributed by atoms with E-state index in [-0.39, 0.29) is 5.82 Å². The SMILES string of the molecule is C=C/C=c1/c(NC2CCN(Cc3ccc(F)cc3)C2)ccc/c1=C/C. The Labute approximate surface area is 149 Å². The number of halogens is 1. The molecule has 2 aromatic carbocycles.